The van der Waals surface area contributed by atoms with Crippen LogP contribution in [0.4, 0.5) is 14.7 Å². The normalized spacial score (nSPS) is 11.3. The molecule has 1 aromatic carbocycles. The summed E-state index contributed by atoms with van der Waals surface area (Å²) < 4.78 is 28.9. The smallest absolute Gasteiger partial charge is 0.280 e. The molecule has 3 heterocycles. The first kappa shape index (κ1) is 18.9. The summed E-state index contributed by atoms with van der Waals surface area (Å²) >= 11 is 5.97. The molecule has 29 heavy (non-hydrogen) atoms. The summed E-state index contributed by atoms with van der Waals surface area (Å²) in [6, 6.07) is 8.51. The van der Waals surface area contributed by atoms with Crippen molar-refractivity contribution < 1.29 is 13.6 Å². The maximum Gasteiger partial charge on any atom is 0.280 e. The second-order valence-corrected chi connectivity index (χ2v) is 6.70. The number of alkyl halides is 2. The number of aromatic nitrogens is 6. The molecule has 0 aliphatic heterocycles. The van der Waals surface area contributed by atoms with Gasteiger partial charge in [-0.1, -0.05) is 23.7 Å². The number of hydrogen-bond donors (Lipinski definition) is 1. The fourth-order valence-electron chi connectivity index (χ4n) is 2.85. The van der Waals surface area contributed by atoms with E-state index in [0.717, 1.165) is 10.1 Å². The zero-order valence-electron chi connectivity index (χ0n) is 15.1. The minimum Gasteiger partial charge on any atom is -0.289 e. The number of nitrogens with zero attached hydrogens (tertiary/aromatic N) is 6. The van der Waals surface area contributed by atoms with Gasteiger partial charge in [-0.05, 0) is 30.7 Å². The molecule has 0 unspecified atom stereocenters. The standard InChI is InChI=1S/C18H14ClF2N7O/c1-10-5-14(15(20)21)28-16(24-10)13(7-23-28)17(29)25-18-22-9-27(26-18)8-11-3-2-4-12(19)6-11/h2-7,9,15H,8H2,1H3,(H,25,26,29). The molecule has 11 heteroatoms. The summed E-state index contributed by atoms with van der Waals surface area (Å²) in [5.41, 5.74) is 1.02. The molecule has 0 aliphatic carbocycles. The van der Waals surface area contributed by atoms with Crippen LogP contribution in [0.15, 0.2) is 42.9 Å². The SMILES string of the molecule is Cc1cc(C(F)F)n2ncc(C(=O)Nc3ncn(Cc4cccc(Cl)c4)n3)c2n1. The highest BCUT2D eigenvalue weighted by Gasteiger charge is 2.21. The molecule has 0 spiro atoms. The average Bonchev–Trinajstić information content (AvgIpc) is 3.27. The third kappa shape index (κ3) is 3.92. The minimum atomic E-state index is -2.75. The van der Waals surface area contributed by atoms with Crippen LogP contribution in [0.5, 0.6) is 0 Å². The van der Waals surface area contributed by atoms with Crippen molar-refractivity contribution in [1.29, 1.82) is 0 Å². The zero-order valence-corrected chi connectivity index (χ0v) is 15.8. The Morgan fingerprint density at radius 1 is 1.31 bits per heavy atom. The first-order chi connectivity index (χ1) is 13.9. The van der Waals surface area contributed by atoms with Crippen molar-refractivity contribution in [1.82, 2.24) is 29.4 Å². The minimum absolute atomic E-state index is 0.0381. The van der Waals surface area contributed by atoms with Crippen molar-refractivity contribution in [2.75, 3.05) is 5.32 Å². The second-order valence-electron chi connectivity index (χ2n) is 6.27. The van der Waals surface area contributed by atoms with Gasteiger partial charge < -0.3 is 0 Å². The Kier molecular flexibility index (Phi) is 4.93. The van der Waals surface area contributed by atoms with Gasteiger partial charge in [0.15, 0.2) is 5.65 Å². The van der Waals surface area contributed by atoms with Crippen molar-refractivity contribution >= 4 is 29.1 Å². The van der Waals surface area contributed by atoms with Crippen molar-refractivity contribution in [2.45, 2.75) is 19.9 Å². The van der Waals surface area contributed by atoms with Crippen LogP contribution in [0, 0.1) is 6.92 Å². The fourth-order valence-corrected chi connectivity index (χ4v) is 3.06. The number of carbonyl (C=O) groups excluding carboxylic acids is 1. The maximum absolute atomic E-state index is 13.2. The third-order valence-corrected chi connectivity index (χ3v) is 4.33. The Morgan fingerprint density at radius 3 is 2.90 bits per heavy atom. The molecule has 4 rings (SSSR count). The molecule has 0 fully saturated rings. The van der Waals surface area contributed by atoms with Crippen molar-refractivity contribution in [3.8, 4) is 0 Å². The van der Waals surface area contributed by atoms with Gasteiger partial charge in [0.2, 0.25) is 5.95 Å². The van der Waals surface area contributed by atoms with Gasteiger partial charge in [0, 0.05) is 10.7 Å². The molecule has 0 saturated heterocycles. The van der Waals surface area contributed by atoms with Crippen LogP contribution in [0.1, 0.15) is 33.7 Å². The van der Waals surface area contributed by atoms with Crippen LogP contribution in [-0.2, 0) is 6.54 Å². The number of carbonyl (C=O) groups is 1. The lowest BCUT2D eigenvalue weighted by Crippen LogP contribution is -2.14. The summed E-state index contributed by atoms with van der Waals surface area (Å²) in [6.45, 7) is 1.98. The lowest BCUT2D eigenvalue weighted by molar-refractivity contribution is 0.102. The van der Waals surface area contributed by atoms with Gasteiger partial charge in [0.25, 0.3) is 12.3 Å². The van der Waals surface area contributed by atoms with Gasteiger partial charge >= 0.3 is 0 Å². The number of hydrogen-bond acceptors (Lipinski definition) is 5. The van der Waals surface area contributed by atoms with Gasteiger partial charge in [-0.15, -0.1) is 5.10 Å². The Balaban J connectivity index is 1.55. The predicted octanol–water partition coefficient (Wildman–Crippen LogP) is 3.52. The van der Waals surface area contributed by atoms with Crippen LogP contribution in [0.3, 0.4) is 0 Å². The van der Waals surface area contributed by atoms with E-state index in [9.17, 15) is 13.6 Å². The van der Waals surface area contributed by atoms with E-state index in [0.29, 0.717) is 17.3 Å². The van der Waals surface area contributed by atoms with E-state index in [4.69, 9.17) is 11.6 Å². The van der Waals surface area contributed by atoms with Crippen molar-refractivity contribution in [3.05, 3.63) is 70.4 Å². The summed E-state index contributed by atoms with van der Waals surface area (Å²) in [5, 5.41) is 11.2. The summed E-state index contributed by atoms with van der Waals surface area (Å²) in [7, 11) is 0. The molecule has 0 aliphatic rings. The van der Waals surface area contributed by atoms with E-state index >= 15 is 0 Å². The fraction of sp³-hybridized carbons (Fsp3) is 0.167. The number of anilines is 1. The molecule has 8 nitrogen and oxygen atoms in total. The van der Waals surface area contributed by atoms with Crippen molar-refractivity contribution in [3.63, 3.8) is 0 Å². The first-order valence-electron chi connectivity index (χ1n) is 8.49. The number of rotatable bonds is 5. The Hall–Kier alpha value is -3.40. The summed E-state index contributed by atoms with van der Waals surface area (Å²) in [5.74, 6) is -0.531. The number of aryl methyl sites for hydroxylation is 1. The number of nitrogens with one attached hydrogen (secondary N) is 1. The van der Waals surface area contributed by atoms with E-state index in [-0.39, 0.29) is 22.9 Å². The number of halogens is 3. The Bertz CT molecular complexity index is 1200. The molecule has 0 saturated carbocycles. The molecule has 1 amide bonds. The summed E-state index contributed by atoms with van der Waals surface area (Å²) in [4.78, 5) is 20.8. The molecular formula is C18H14ClF2N7O. The monoisotopic (exact) mass is 417 g/mol. The topological polar surface area (TPSA) is 90.0 Å². The highest BCUT2D eigenvalue weighted by molar-refractivity contribution is 6.30. The highest BCUT2D eigenvalue weighted by Crippen LogP contribution is 2.22. The van der Waals surface area contributed by atoms with Gasteiger partial charge in [-0.3, -0.25) is 10.1 Å². The number of benzene rings is 1. The van der Waals surface area contributed by atoms with Crippen molar-refractivity contribution in [2.24, 2.45) is 0 Å². The van der Waals surface area contributed by atoms with E-state index in [1.54, 1.807) is 19.1 Å². The number of fused-ring (bicyclic) bond motifs is 1. The first-order valence-corrected chi connectivity index (χ1v) is 8.87. The zero-order chi connectivity index (χ0) is 20.5. The Labute approximate surface area is 168 Å². The van der Waals surface area contributed by atoms with Crippen LogP contribution < -0.4 is 5.32 Å². The highest BCUT2D eigenvalue weighted by atomic mass is 35.5. The predicted molar refractivity (Wildman–Crippen MR) is 101 cm³/mol. The summed E-state index contributed by atoms with van der Waals surface area (Å²) in [6.07, 6.45) is -0.102. The second kappa shape index (κ2) is 7.55. The molecule has 0 radical (unpaired) electrons. The lowest BCUT2D eigenvalue weighted by atomic mass is 10.2. The molecule has 0 atom stereocenters. The van der Waals surface area contributed by atoms with Crippen LogP contribution >= 0.6 is 11.6 Å². The van der Waals surface area contributed by atoms with Gasteiger partial charge in [0.05, 0.1) is 12.7 Å². The largest absolute Gasteiger partial charge is 0.289 e. The molecule has 4 aromatic rings. The third-order valence-electron chi connectivity index (χ3n) is 4.09. The molecule has 1 N–H and O–H groups in total. The molecule has 148 valence electrons. The van der Waals surface area contributed by atoms with Gasteiger partial charge in [-0.2, -0.15) is 5.10 Å². The molecule has 0 bridgehead atoms. The number of amides is 1. The Morgan fingerprint density at radius 2 is 2.14 bits per heavy atom. The van der Waals surface area contributed by atoms with Crippen LogP contribution in [-0.4, -0.2) is 35.3 Å². The molecular weight excluding hydrogens is 404 g/mol. The van der Waals surface area contributed by atoms with Crippen LogP contribution in [0.2, 0.25) is 5.02 Å². The van der Waals surface area contributed by atoms with E-state index in [1.165, 1.54) is 23.3 Å². The average molecular weight is 418 g/mol. The van der Waals surface area contributed by atoms with E-state index in [1.807, 2.05) is 12.1 Å². The van der Waals surface area contributed by atoms with Gasteiger partial charge in [-0.25, -0.2) is 27.9 Å². The quantitative estimate of drug-likeness (QED) is 0.536. The van der Waals surface area contributed by atoms with Gasteiger partial charge in [0.1, 0.15) is 17.6 Å². The van der Waals surface area contributed by atoms with E-state index in [2.05, 4.69) is 25.5 Å². The van der Waals surface area contributed by atoms with E-state index < -0.39 is 12.3 Å². The lowest BCUT2D eigenvalue weighted by Gasteiger charge is -2.05. The van der Waals surface area contributed by atoms with Crippen LogP contribution in [0.25, 0.3) is 5.65 Å². The maximum atomic E-state index is 13.2. The molecule has 3 aromatic heterocycles.